The van der Waals surface area contributed by atoms with Gasteiger partial charge in [0.05, 0.1) is 0 Å². The molecule has 0 radical (unpaired) electrons. The van der Waals surface area contributed by atoms with Crippen LogP contribution in [0.4, 0.5) is 5.82 Å². The predicted molar refractivity (Wildman–Crippen MR) is 87.9 cm³/mol. The Morgan fingerprint density at radius 2 is 1.77 bits per heavy atom. The normalized spacial score (nSPS) is 20.2. The van der Waals surface area contributed by atoms with Crippen molar-refractivity contribution in [3.8, 4) is 0 Å². The molecule has 0 N–H and O–H groups in total. The van der Waals surface area contributed by atoms with Crippen molar-refractivity contribution in [1.82, 2.24) is 14.8 Å². The highest BCUT2D eigenvalue weighted by Gasteiger charge is 2.22. The van der Waals surface area contributed by atoms with Gasteiger partial charge in [0.25, 0.3) is 0 Å². The summed E-state index contributed by atoms with van der Waals surface area (Å²) in [6.07, 6.45) is 6.42. The van der Waals surface area contributed by atoms with Gasteiger partial charge in [-0.1, -0.05) is 12.5 Å². The third-order valence-corrected chi connectivity index (χ3v) is 4.70. The summed E-state index contributed by atoms with van der Waals surface area (Å²) in [5.74, 6) is 1.33. The summed E-state index contributed by atoms with van der Waals surface area (Å²) >= 11 is 0. The minimum Gasteiger partial charge on any atom is -0.353 e. The maximum absolute atomic E-state index is 12.3. The van der Waals surface area contributed by atoms with Crippen molar-refractivity contribution in [2.75, 3.05) is 50.7 Å². The third kappa shape index (κ3) is 3.97. The van der Waals surface area contributed by atoms with Gasteiger partial charge in [-0.2, -0.15) is 0 Å². The van der Waals surface area contributed by atoms with E-state index in [1.807, 2.05) is 29.3 Å². The number of piperidine rings is 1. The van der Waals surface area contributed by atoms with Crippen LogP contribution in [0.25, 0.3) is 0 Å². The molecular weight excluding hydrogens is 276 g/mol. The van der Waals surface area contributed by atoms with Gasteiger partial charge >= 0.3 is 0 Å². The van der Waals surface area contributed by atoms with Crippen molar-refractivity contribution in [3.63, 3.8) is 0 Å². The Morgan fingerprint density at radius 1 is 1.00 bits per heavy atom. The van der Waals surface area contributed by atoms with E-state index in [0.29, 0.717) is 12.3 Å². The van der Waals surface area contributed by atoms with Gasteiger partial charge < -0.3 is 14.7 Å². The van der Waals surface area contributed by atoms with Gasteiger partial charge in [0.15, 0.2) is 0 Å². The average Bonchev–Trinajstić information content (AvgIpc) is 2.61. The minimum atomic E-state index is 0.311. The van der Waals surface area contributed by atoms with E-state index in [0.717, 1.165) is 38.5 Å². The number of pyridine rings is 1. The molecule has 0 saturated carbocycles. The van der Waals surface area contributed by atoms with Gasteiger partial charge in [-0.15, -0.1) is 0 Å². The summed E-state index contributed by atoms with van der Waals surface area (Å²) < 4.78 is 0. The van der Waals surface area contributed by atoms with Gasteiger partial charge in [0.1, 0.15) is 5.82 Å². The molecule has 0 spiro atoms. The Hall–Kier alpha value is -1.62. The first kappa shape index (κ1) is 15.3. The van der Waals surface area contributed by atoms with Crippen LogP contribution in [0.5, 0.6) is 0 Å². The Bertz CT molecular complexity index is 465. The molecule has 3 rings (SSSR count). The van der Waals surface area contributed by atoms with Crippen LogP contribution in [-0.2, 0) is 4.79 Å². The van der Waals surface area contributed by atoms with Crippen molar-refractivity contribution in [3.05, 3.63) is 24.4 Å². The van der Waals surface area contributed by atoms with Gasteiger partial charge in [-0.05, 0) is 38.1 Å². The lowest BCUT2D eigenvalue weighted by molar-refractivity contribution is -0.131. The standard InChI is InChI=1S/C17H26N4O/c22-17(7-11-19-9-4-1-5-10-19)21-14-12-20(13-15-21)16-6-2-3-8-18-16/h2-3,6,8H,1,4-5,7,9-15H2. The summed E-state index contributed by atoms with van der Waals surface area (Å²) in [4.78, 5) is 23.4. The van der Waals surface area contributed by atoms with Crippen molar-refractivity contribution < 1.29 is 4.79 Å². The molecule has 5 heteroatoms. The van der Waals surface area contributed by atoms with Crippen molar-refractivity contribution in [1.29, 1.82) is 0 Å². The fourth-order valence-electron chi connectivity index (χ4n) is 3.32. The average molecular weight is 302 g/mol. The first-order chi connectivity index (χ1) is 10.8. The van der Waals surface area contributed by atoms with Crippen LogP contribution in [0.2, 0.25) is 0 Å². The SMILES string of the molecule is O=C(CCN1CCCCC1)N1CCN(c2ccccn2)CC1. The van der Waals surface area contributed by atoms with Gasteiger partial charge in [0, 0.05) is 45.3 Å². The molecule has 2 fully saturated rings. The second-order valence-corrected chi connectivity index (χ2v) is 6.21. The zero-order valence-corrected chi connectivity index (χ0v) is 13.3. The number of carbonyl (C=O) groups is 1. The highest BCUT2D eigenvalue weighted by molar-refractivity contribution is 5.76. The first-order valence-electron chi connectivity index (χ1n) is 8.49. The smallest absolute Gasteiger partial charge is 0.223 e. The van der Waals surface area contributed by atoms with Crippen LogP contribution < -0.4 is 4.90 Å². The molecule has 22 heavy (non-hydrogen) atoms. The van der Waals surface area contributed by atoms with Crippen LogP contribution in [-0.4, -0.2) is 66.5 Å². The molecule has 0 aromatic carbocycles. The Morgan fingerprint density at radius 3 is 2.45 bits per heavy atom. The molecule has 1 amide bonds. The highest BCUT2D eigenvalue weighted by atomic mass is 16.2. The molecule has 1 aromatic rings. The van der Waals surface area contributed by atoms with E-state index < -0.39 is 0 Å². The second-order valence-electron chi connectivity index (χ2n) is 6.21. The largest absolute Gasteiger partial charge is 0.353 e. The maximum Gasteiger partial charge on any atom is 0.223 e. The quantitative estimate of drug-likeness (QED) is 0.847. The summed E-state index contributed by atoms with van der Waals surface area (Å²) in [6.45, 7) is 6.66. The number of hydrogen-bond donors (Lipinski definition) is 0. The molecule has 2 saturated heterocycles. The number of rotatable bonds is 4. The molecule has 0 aliphatic carbocycles. The van der Waals surface area contributed by atoms with E-state index in [9.17, 15) is 4.79 Å². The Balaban J connectivity index is 1.41. The van der Waals surface area contributed by atoms with Crippen LogP contribution >= 0.6 is 0 Å². The number of amides is 1. The van der Waals surface area contributed by atoms with Gasteiger partial charge in [-0.3, -0.25) is 4.79 Å². The molecule has 0 bridgehead atoms. The topological polar surface area (TPSA) is 39.7 Å². The third-order valence-electron chi connectivity index (χ3n) is 4.70. The van der Waals surface area contributed by atoms with Gasteiger partial charge in [-0.25, -0.2) is 4.98 Å². The van der Waals surface area contributed by atoms with Crippen LogP contribution in [0.15, 0.2) is 24.4 Å². The lowest BCUT2D eigenvalue weighted by Crippen LogP contribution is -2.49. The van der Waals surface area contributed by atoms with Gasteiger partial charge in [0.2, 0.25) is 5.91 Å². The number of anilines is 1. The molecule has 0 atom stereocenters. The molecular formula is C17H26N4O. The monoisotopic (exact) mass is 302 g/mol. The number of likely N-dealkylation sites (tertiary alicyclic amines) is 1. The molecule has 2 aliphatic heterocycles. The minimum absolute atomic E-state index is 0.311. The molecule has 5 nitrogen and oxygen atoms in total. The predicted octanol–water partition coefficient (Wildman–Crippen LogP) is 1.61. The molecule has 0 unspecified atom stereocenters. The lowest BCUT2D eigenvalue weighted by Gasteiger charge is -2.36. The highest BCUT2D eigenvalue weighted by Crippen LogP contribution is 2.14. The van der Waals surface area contributed by atoms with Crippen molar-refractivity contribution >= 4 is 11.7 Å². The number of carbonyl (C=O) groups excluding carboxylic acids is 1. The summed E-state index contributed by atoms with van der Waals surface area (Å²) in [7, 11) is 0. The fraction of sp³-hybridized carbons (Fsp3) is 0.647. The van der Waals surface area contributed by atoms with Crippen LogP contribution in [0.1, 0.15) is 25.7 Å². The van der Waals surface area contributed by atoms with Crippen LogP contribution in [0.3, 0.4) is 0 Å². The Labute approximate surface area is 132 Å². The second kappa shape index (κ2) is 7.58. The molecule has 1 aromatic heterocycles. The lowest BCUT2D eigenvalue weighted by atomic mass is 10.1. The summed E-state index contributed by atoms with van der Waals surface area (Å²) in [5, 5.41) is 0. The van der Waals surface area contributed by atoms with Crippen LogP contribution in [0, 0.1) is 0 Å². The van der Waals surface area contributed by atoms with Crippen molar-refractivity contribution in [2.24, 2.45) is 0 Å². The van der Waals surface area contributed by atoms with E-state index in [4.69, 9.17) is 0 Å². The fourth-order valence-corrected chi connectivity index (χ4v) is 3.32. The van der Waals surface area contributed by atoms with Crippen molar-refractivity contribution in [2.45, 2.75) is 25.7 Å². The van der Waals surface area contributed by atoms with E-state index in [1.165, 1.54) is 32.4 Å². The molecule has 120 valence electrons. The Kier molecular flexibility index (Phi) is 5.27. The maximum atomic E-state index is 12.3. The zero-order valence-electron chi connectivity index (χ0n) is 13.3. The van der Waals surface area contributed by atoms with E-state index >= 15 is 0 Å². The van der Waals surface area contributed by atoms with E-state index in [-0.39, 0.29) is 0 Å². The van der Waals surface area contributed by atoms with E-state index in [2.05, 4.69) is 14.8 Å². The van der Waals surface area contributed by atoms with E-state index in [1.54, 1.807) is 0 Å². The first-order valence-corrected chi connectivity index (χ1v) is 8.49. The number of aromatic nitrogens is 1. The molecule has 3 heterocycles. The summed E-state index contributed by atoms with van der Waals surface area (Å²) in [6, 6.07) is 5.98. The molecule has 2 aliphatic rings. The zero-order chi connectivity index (χ0) is 15.2. The summed E-state index contributed by atoms with van der Waals surface area (Å²) in [5.41, 5.74) is 0. The number of nitrogens with zero attached hydrogens (tertiary/aromatic N) is 4. The number of piperazine rings is 1. The number of hydrogen-bond acceptors (Lipinski definition) is 4.